The van der Waals surface area contributed by atoms with Crippen LogP contribution in [0.25, 0.3) is 5.69 Å². The third-order valence-corrected chi connectivity index (χ3v) is 5.48. The summed E-state index contributed by atoms with van der Waals surface area (Å²) >= 11 is 0. The number of nitrogens with zero attached hydrogens (tertiary/aromatic N) is 6. The van der Waals surface area contributed by atoms with Gasteiger partial charge in [0.05, 0.1) is 26.3 Å². The zero-order valence-electron chi connectivity index (χ0n) is 17.8. The molecular weight excluding hydrogens is 396 g/mol. The molecule has 1 fully saturated rings. The molecule has 1 amide bonds. The Bertz CT molecular complexity index is 999. The summed E-state index contributed by atoms with van der Waals surface area (Å²) in [5.74, 6) is 1.62. The molecule has 9 heteroatoms. The molecule has 2 aromatic carbocycles. The molecule has 1 saturated heterocycles. The first kappa shape index (κ1) is 20.8. The van der Waals surface area contributed by atoms with Gasteiger partial charge in [-0.15, -0.1) is 5.10 Å². The van der Waals surface area contributed by atoms with Gasteiger partial charge < -0.3 is 14.4 Å². The van der Waals surface area contributed by atoms with Crippen LogP contribution in [0.2, 0.25) is 0 Å². The summed E-state index contributed by atoms with van der Waals surface area (Å²) in [4.78, 5) is 17.0. The van der Waals surface area contributed by atoms with Crippen molar-refractivity contribution >= 4 is 5.91 Å². The number of tetrazole rings is 1. The molecule has 1 aliphatic rings. The first-order chi connectivity index (χ1) is 15.2. The highest BCUT2D eigenvalue weighted by molar-refractivity contribution is 5.79. The molecule has 0 bridgehead atoms. The van der Waals surface area contributed by atoms with Gasteiger partial charge in [-0.2, -0.15) is 0 Å². The highest BCUT2D eigenvalue weighted by Crippen LogP contribution is 2.28. The minimum Gasteiger partial charge on any atom is -0.493 e. The van der Waals surface area contributed by atoms with Gasteiger partial charge in [0.25, 0.3) is 0 Å². The predicted molar refractivity (Wildman–Crippen MR) is 114 cm³/mol. The van der Waals surface area contributed by atoms with Gasteiger partial charge in [-0.1, -0.05) is 18.2 Å². The molecular formula is C22H26N6O3. The van der Waals surface area contributed by atoms with E-state index in [4.69, 9.17) is 9.47 Å². The SMILES string of the molecule is COc1ccc(CN2CCN(C(=O)Cc3ccc(-n4cnnn4)cc3)CC2)cc1OC. The van der Waals surface area contributed by atoms with E-state index in [2.05, 4.69) is 26.5 Å². The zero-order chi connectivity index (χ0) is 21.6. The summed E-state index contributed by atoms with van der Waals surface area (Å²) in [6, 6.07) is 13.7. The highest BCUT2D eigenvalue weighted by Gasteiger charge is 2.21. The van der Waals surface area contributed by atoms with E-state index in [1.807, 2.05) is 41.3 Å². The van der Waals surface area contributed by atoms with Crippen LogP contribution in [0.4, 0.5) is 0 Å². The minimum atomic E-state index is 0.154. The number of ether oxygens (including phenoxy) is 2. The molecule has 4 rings (SSSR count). The molecule has 31 heavy (non-hydrogen) atoms. The van der Waals surface area contributed by atoms with E-state index in [0.29, 0.717) is 6.42 Å². The maximum atomic E-state index is 12.7. The number of methoxy groups -OCH3 is 2. The second-order valence-corrected chi connectivity index (χ2v) is 7.44. The molecule has 9 nitrogen and oxygen atoms in total. The summed E-state index contributed by atoms with van der Waals surface area (Å²) < 4.78 is 12.3. The molecule has 2 heterocycles. The Morgan fingerprint density at radius 1 is 0.935 bits per heavy atom. The predicted octanol–water partition coefficient (Wildman–Crippen LogP) is 1.57. The van der Waals surface area contributed by atoms with Gasteiger partial charge in [-0.3, -0.25) is 9.69 Å². The van der Waals surface area contributed by atoms with E-state index in [9.17, 15) is 4.79 Å². The van der Waals surface area contributed by atoms with Crippen LogP contribution in [0.5, 0.6) is 11.5 Å². The molecule has 0 saturated carbocycles. The standard InChI is InChI=1S/C22H26N6O3/c1-30-20-8-5-18(13-21(20)31-2)15-26-9-11-27(12-10-26)22(29)14-17-3-6-19(7-4-17)28-16-23-24-25-28/h3-8,13,16H,9-12,14-15H2,1-2H3. The average molecular weight is 422 g/mol. The van der Waals surface area contributed by atoms with Crippen LogP contribution in [0.3, 0.4) is 0 Å². The molecule has 0 unspecified atom stereocenters. The van der Waals surface area contributed by atoms with Gasteiger partial charge in [-0.05, 0) is 45.8 Å². The summed E-state index contributed by atoms with van der Waals surface area (Å²) in [5.41, 5.74) is 3.01. The minimum absolute atomic E-state index is 0.154. The van der Waals surface area contributed by atoms with Crippen LogP contribution >= 0.6 is 0 Å². The van der Waals surface area contributed by atoms with E-state index >= 15 is 0 Å². The van der Waals surface area contributed by atoms with E-state index in [-0.39, 0.29) is 5.91 Å². The second-order valence-electron chi connectivity index (χ2n) is 7.44. The number of rotatable bonds is 7. The Hall–Kier alpha value is -3.46. The van der Waals surface area contributed by atoms with Crippen molar-refractivity contribution in [1.82, 2.24) is 30.0 Å². The lowest BCUT2D eigenvalue weighted by molar-refractivity contribution is -0.132. The van der Waals surface area contributed by atoms with Crippen LogP contribution in [0.15, 0.2) is 48.8 Å². The number of carbonyl (C=O) groups excluding carboxylic acids is 1. The van der Waals surface area contributed by atoms with Crippen LogP contribution in [-0.4, -0.2) is 76.3 Å². The first-order valence-electron chi connectivity index (χ1n) is 10.2. The van der Waals surface area contributed by atoms with E-state index in [0.717, 1.165) is 55.5 Å². The smallest absolute Gasteiger partial charge is 0.227 e. The highest BCUT2D eigenvalue weighted by atomic mass is 16.5. The van der Waals surface area contributed by atoms with Crippen molar-refractivity contribution in [3.8, 4) is 17.2 Å². The average Bonchev–Trinajstić information content (AvgIpc) is 3.35. The Balaban J connectivity index is 1.28. The molecule has 0 aliphatic carbocycles. The third kappa shape index (κ3) is 5.00. The topological polar surface area (TPSA) is 85.6 Å². The summed E-state index contributed by atoms with van der Waals surface area (Å²) in [6.45, 7) is 3.97. The lowest BCUT2D eigenvalue weighted by atomic mass is 10.1. The Morgan fingerprint density at radius 3 is 2.29 bits per heavy atom. The molecule has 1 aromatic heterocycles. The van der Waals surface area contributed by atoms with Crippen LogP contribution in [0, 0.1) is 0 Å². The van der Waals surface area contributed by atoms with Crippen molar-refractivity contribution in [3.05, 3.63) is 59.9 Å². The molecule has 0 atom stereocenters. The molecule has 1 aliphatic heterocycles. The van der Waals surface area contributed by atoms with Crippen molar-refractivity contribution in [2.45, 2.75) is 13.0 Å². The van der Waals surface area contributed by atoms with Gasteiger partial charge >= 0.3 is 0 Å². The largest absolute Gasteiger partial charge is 0.493 e. The van der Waals surface area contributed by atoms with E-state index < -0.39 is 0 Å². The first-order valence-corrected chi connectivity index (χ1v) is 10.2. The zero-order valence-corrected chi connectivity index (χ0v) is 17.8. The van der Waals surface area contributed by atoms with Gasteiger partial charge in [0.15, 0.2) is 11.5 Å². The van der Waals surface area contributed by atoms with Crippen molar-refractivity contribution in [1.29, 1.82) is 0 Å². The monoisotopic (exact) mass is 422 g/mol. The quantitative estimate of drug-likeness (QED) is 0.571. The molecule has 162 valence electrons. The number of aromatic nitrogens is 4. The number of amides is 1. The Labute approximate surface area is 181 Å². The Morgan fingerprint density at radius 2 is 1.65 bits per heavy atom. The second kappa shape index (κ2) is 9.57. The number of piperazine rings is 1. The summed E-state index contributed by atoms with van der Waals surface area (Å²) in [6.07, 6.45) is 1.94. The molecule has 0 spiro atoms. The third-order valence-electron chi connectivity index (χ3n) is 5.48. The van der Waals surface area contributed by atoms with Crippen molar-refractivity contribution in [2.75, 3.05) is 40.4 Å². The maximum Gasteiger partial charge on any atom is 0.227 e. The summed E-state index contributed by atoms with van der Waals surface area (Å²) in [5, 5.41) is 11.1. The number of hydrogen-bond acceptors (Lipinski definition) is 7. The number of carbonyl (C=O) groups is 1. The molecule has 3 aromatic rings. The van der Waals surface area contributed by atoms with Gasteiger partial charge in [0, 0.05) is 32.7 Å². The van der Waals surface area contributed by atoms with Crippen LogP contribution < -0.4 is 9.47 Å². The maximum absolute atomic E-state index is 12.7. The normalized spacial score (nSPS) is 14.5. The van der Waals surface area contributed by atoms with Gasteiger partial charge in [0.2, 0.25) is 5.91 Å². The fourth-order valence-corrected chi connectivity index (χ4v) is 3.73. The lowest BCUT2D eigenvalue weighted by Gasteiger charge is -2.35. The van der Waals surface area contributed by atoms with Gasteiger partial charge in [0.1, 0.15) is 6.33 Å². The number of hydrogen-bond donors (Lipinski definition) is 0. The fourth-order valence-electron chi connectivity index (χ4n) is 3.73. The van der Waals surface area contributed by atoms with Crippen molar-refractivity contribution in [3.63, 3.8) is 0 Å². The Kier molecular flexibility index (Phi) is 6.42. The molecule has 0 N–H and O–H groups in total. The number of benzene rings is 2. The van der Waals surface area contributed by atoms with Crippen molar-refractivity contribution in [2.24, 2.45) is 0 Å². The van der Waals surface area contributed by atoms with Crippen molar-refractivity contribution < 1.29 is 14.3 Å². The molecule has 0 radical (unpaired) electrons. The fraction of sp³-hybridized carbons (Fsp3) is 0.364. The van der Waals surface area contributed by atoms with Crippen LogP contribution in [-0.2, 0) is 17.8 Å². The van der Waals surface area contributed by atoms with E-state index in [1.54, 1.807) is 25.2 Å². The summed E-state index contributed by atoms with van der Waals surface area (Å²) in [7, 11) is 3.28. The van der Waals surface area contributed by atoms with Gasteiger partial charge in [-0.25, -0.2) is 4.68 Å². The van der Waals surface area contributed by atoms with E-state index in [1.165, 1.54) is 5.56 Å². The lowest BCUT2D eigenvalue weighted by Crippen LogP contribution is -2.48. The van der Waals surface area contributed by atoms with Crippen LogP contribution in [0.1, 0.15) is 11.1 Å².